The van der Waals surface area contributed by atoms with Crippen LogP contribution in [0, 0.1) is 0 Å². The van der Waals surface area contributed by atoms with Crippen LogP contribution in [0.4, 0.5) is 5.69 Å². The molecule has 2 aliphatic heterocycles. The van der Waals surface area contributed by atoms with Crippen molar-refractivity contribution in [3.63, 3.8) is 0 Å². The van der Waals surface area contributed by atoms with E-state index in [9.17, 15) is 4.79 Å². The highest BCUT2D eigenvalue weighted by molar-refractivity contribution is 5.77. The molecule has 4 heteroatoms. The van der Waals surface area contributed by atoms with Crippen LogP contribution in [-0.2, 0) is 22.5 Å². The Balaban J connectivity index is 1.82. The first-order valence-electron chi connectivity index (χ1n) is 6.02. The number of cyclic esters (lactones) is 1. The van der Waals surface area contributed by atoms with Crippen molar-refractivity contribution in [1.82, 2.24) is 4.90 Å². The van der Waals surface area contributed by atoms with Gasteiger partial charge in [-0.05, 0) is 29.7 Å². The second-order valence-electron chi connectivity index (χ2n) is 4.72. The lowest BCUT2D eigenvalue weighted by Crippen LogP contribution is -2.41. The maximum Gasteiger partial charge on any atom is 0.323 e. The summed E-state index contributed by atoms with van der Waals surface area (Å²) in [7, 11) is 0. The van der Waals surface area contributed by atoms with Gasteiger partial charge in [-0.25, -0.2) is 0 Å². The van der Waals surface area contributed by atoms with Crippen LogP contribution in [0.15, 0.2) is 18.2 Å². The van der Waals surface area contributed by atoms with Gasteiger partial charge < -0.3 is 10.5 Å². The zero-order chi connectivity index (χ0) is 11.8. The minimum absolute atomic E-state index is 0.0513. The highest BCUT2D eigenvalue weighted by atomic mass is 16.5. The van der Waals surface area contributed by atoms with E-state index in [0.29, 0.717) is 6.61 Å². The molecule has 1 atom stereocenters. The molecular weight excluding hydrogens is 216 g/mol. The number of hydrogen-bond donors (Lipinski definition) is 1. The lowest BCUT2D eigenvalue weighted by atomic mass is 9.97. The zero-order valence-electron chi connectivity index (χ0n) is 9.69. The third-order valence-electron chi connectivity index (χ3n) is 3.62. The van der Waals surface area contributed by atoms with Crippen molar-refractivity contribution in [3.8, 4) is 0 Å². The number of hydrogen-bond acceptors (Lipinski definition) is 4. The Hall–Kier alpha value is -1.55. The van der Waals surface area contributed by atoms with Crippen molar-refractivity contribution in [2.24, 2.45) is 0 Å². The first-order valence-corrected chi connectivity index (χ1v) is 6.02. The van der Waals surface area contributed by atoms with Crippen molar-refractivity contribution in [3.05, 3.63) is 29.3 Å². The maximum atomic E-state index is 11.6. The van der Waals surface area contributed by atoms with Gasteiger partial charge in [0.25, 0.3) is 0 Å². The summed E-state index contributed by atoms with van der Waals surface area (Å²) in [5.74, 6) is -0.0719. The zero-order valence-corrected chi connectivity index (χ0v) is 9.69. The average molecular weight is 232 g/mol. The van der Waals surface area contributed by atoms with Crippen molar-refractivity contribution in [2.45, 2.75) is 25.4 Å². The number of rotatable bonds is 1. The molecule has 0 aromatic heterocycles. The van der Waals surface area contributed by atoms with Crippen LogP contribution < -0.4 is 5.73 Å². The highest BCUT2D eigenvalue weighted by Gasteiger charge is 2.33. The number of esters is 1. The van der Waals surface area contributed by atoms with Gasteiger partial charge in [-0.3, -0.25) is 9.69 Å². The normalized spacial score (nSPS) is 24.5. The Kier molecular flexibility index (Phi) is 2.52. The van der Waals surface area contributed by atoms with Crippen LogP contribution in [0.25, 0.3) is 0 Å². The quantitative estimate of drug-likeness (QED) is 0.578. The molecule has 0 bridgehead atoms. The minimum Gasteiger partial charge on any atom is -0.464 e. The number of anilines is 1. The van der Waals surface area contributed by atoms with Gasteiger partial charge >= 0.3 is 5.97 Å². The fourth-order valence-corrected chi connectivity index (χ4v) is 2.68. The summed E-state index contributed by atoms with van der Waals surface area (Å²) in [5.41, 5.74) is 9.18. The van der Waals surface area contributed by atoms with E-state index >= 15 is 0 Å². The predicted octanol–water partition coefficient (Wildman–Crippen LogP) is 0.942. The van der Waals surface area contributed by atoms with Gasteiger partial charge in [0.15, 0.2) is 0 Å². The van der Waals surface area contributed by atoms with E-state index in [1.54, 1.807) is 0 Å². The topological polar surface area (TPSA) is 55.6 Å². The molecule has 0 spiro atoms. The van der Waals surface area contributed by atoms with Gasteiger partial charge in [0.05, 0.1) is 6.61 Å². The maximum absolute atomic E-state index is 11.6. The van der Waals surface area contributed by atoms with Crippen molar-refractivity contribution in [1.29, 1.82) is 0 Å². The molecule has 3 rings (SSSR count). The van der Waals surface area contributed by atoms with Gasteiger partial charge in [-0.15, -0.1) is 0 Å². The van der Waals surface area contributed by atoms with Crippen molar-refractivity contribution >= 4 is 11.7 Å². The Morgan fingerprint density at radius 2 is 2.24 bits per heavy atom. The fourth-order valence-electron chi connectivity index (χ4n) is 2.68. The van der Waals surface area contributed by atoms with Crippen LogP contribution in [0.2, 0.25) is 0 Å². The molecule has 17 heavy (non-hydrogen) atoms. The summed E-state index contributed by atoms with van der Waals surface area (Å²) in [6, 6.07) is 6.00. The molecule has 1 unspecified atom stereocenters. The molecular formula is C13H16N2O2. The third-order valence-corrected chi connectivity index (χ3v) is 3.62. The molecule has 0 saturated carbocycles. The first kappa shape index (κ1) is 10.6. The number of carbonyl (C=O) groups excluding carboxylic acids is 1. The standard InChI is InChI=1S/C13H16N2O2/c14-11-2-1-9-3-5-15(8-10(9)7-11)12-4-6-17-13(12)16/h1-2,7,12H,3-6,8,14H2. The summed E-state index contributed by atoms with van der Waals surface area (Å²) in [5, 5.41) is 0. The largest absolute Gasteiger partial charge is 0.464 e. The minimum atomic E-state index is -0.0719. The third kappa shape index (κ3) is 1.89. The van der Waals surface area contributed by atoms with E-state index in [4.69, 9.17) is 10.5 Å². The van der Waals surface area contributed by atoms with E-state index in [-0.39, 0.29) is 12.0 Å². The molecule has 1 fully saturated rings. The number of nitrogens with zero attached hydrogens (tertiary/aromatic N) is 1. The predicted molar refractivity (Wildman–Crippen MR) is 64.3 cm³/mol. The number of carbonyl (C=O) groups is 1. The molecule has 2 heterocycles. The molecule has 0 amide bonds. The Morgan fingerprint density at radius 3 is 3.00 bits per heavy atom. The lowest BCUT2D eigenvalue weighted by Gasteiger charge is -2.31. The van der Waals surface area contributed by atoms with Gasteiger partial charge in [0.1, 0.15) is 6.04 Å². The van der Waals surface area contributed by atoms with Gasteiger partial charge in [-0.1, -0.05) is 6.07 Å². The number of ether oxygens (including phenoxy) is 1. The molecule has 90 valence electrons. The number of benzene rings is 1. The summed E-state index contributed by atoms with van der Waals surface area (Å²) in [6.45, 7) is 2.29. The van der Waals surface area contributed by atoms with Crippen molar-refractivity contribution in [2.75, 3.05) is 18.9 Å². The van der Waals surface area contributed by atoms with Crippen LogP contribution in [0.1, 0.15) is 17.5 Å². The van der Waals surface area contributed by atoms with Crippen LogP contribution in [-0.4, -0.2) is 30.1 Å². The summed E-state index contributed by atoms with van der Waals surface area (Å²) in [6.07, 6.45) is 1.80. The van der Waals surface area contributed by atoms with Gasteiger partial charge in [0.2, 0.25) is 0 Å². The summed E-state index contributed by atoms with van der Waals surface area (Å²) >= 11 is 0. The van der Waals surface area contributed by atoms with E-state index < -0.39 is 0 Å². The van der Waals surface area contributed by atoms with Gasteiger partial charge in [0, 0.05) is 25.2 Å². The van der Waals surface area contributed by atoms with E-state index in [0.717, 1.165) is 31.6 Å². The molecule has 0 aliphatic carbocycles. The molecule has 1 aromatic carbocycles. The lowest BCUT2D eigenvalue weighted by molar-refractivity contribution is -0.142. The van der Waals surface area contributed by atoms with Gasteiger partial charge in [-0.2, -0.15) is 0 Å². The molecule has 4 nitrogen and oxygen atoms in total. The average Bonchev–Trinajstić information content (AvgIpc) is 2.74. The molecule has 2 aliphatic rings. The van der Waals surface area contributed by atoms with E-state index in [2.05, 4.69) is 11.0 Å². The Bertz CT molecular complexity index is 459. The molecule has 2 N–H and O–H groups in total. The van der Waals surface area contributed by atoms with E-state index in [1.807, 2.05) is 12.1 Å². The second kappa shape index (κ2) is 4.04. The Labute approximate surface area is 100 Å². The summed E-state index contributed by atoms with van der Waals surface area (Å²) in [4.78, 5) is 13.8. The smallest absolute Gasteiger partial charge is 0.323 e. The highest BCUT2D eigenvalue weighted by Crippen LogP contribution is 2.25. The van der Waals surface area contributed by atoms with Crippen LogP contribution >= 0.6 is 0 Å². The molecule has 1 saturated heterocycles. The van der Waals surface area contributed by atoms with Crippen molar-refractivity contribution < 1.29 is 9.53 Å². The number of nitrogen functional groups attached to an aromatic ring is 1. The monoisotopic (exact) mass is 232 g/mol. The number of fused-ring (bicyclic) bond motifs is 1. The first-order chi connectivity index (χ1) is 8.24. The van der Waals surface area contributed by atoms with E-state index in [1.165, 1.54) is 11.1 Å². The SMILES string of the molecule is Nc1ccc2c(c1)CN(C1CCOC1=O)CC2. The van der Waals surface area contributed by atoms with Crippen LogP contribution in [0.3, 0.4) is 0 Å². The summed E-state index contributed by atoms with van der Waals surface area (Å²) < 4.78 is 5.03. The number of nitrogens with two attached hydrogens (primary N) is 1. The Morgan fingerprint density at radius 1 is 1.35 bits per heavy atom. The van der Waals surface area contributed by atoms with Crippen LogP contribution in [0.5, 0.6) is 0 Å². The molecule has 1 aromatic rings. The second-order valence-corrected chi connectivity index (χ2v) is 4.72. The molecule has 0 radical (unpaired) electrons. The fraction of sp³-hybridized carbons (Fsp3) is 0.462.